The Morgan fingerprint density at radius 3 is 2.20 bits per heavy atom. The molecule has 1 fully saturated rings. The Kier molecular flexibility index (Phi) is 7.95. The van der Waals surface area contributed by atoms with Gasteiger partial charge < -0.3 is 14.5 Å². The molecule has 0 spiro atoms. The van der Waals surface area contributed by atoms with Crippen LogP contribution < -0.4 is 9.64 Å². The highest BCUT2D eigenvalue weighted by atomic mass is 32.2. The van der Waals surface area contributed by atoms with Crippen LogP contribution in [-0.2, 0) is 16.2 Å². The first-order valence-electron chi connectivity index (χ1n) is 11.0. The first-order chi connectivity index (χ1) is 16.4. The number of hydrogen-bond donors (Lipinski definition) is 0. The number of nitrogens with zero attached hydrogens (tertiary/aromatic N) is 3. The van der Waals surface area contributed by atoms with Crippen LogP contribution in [0.15, 0.2) is 41.3 Å². The molecule has 1 saturated heterocycles. The van der Waals surface area contributed by atoms with Crippen molar-refractivity contribution in [1.82, 2.24) is 9.21 Å². The maximum atomic E-state index is 13.4. The van der Waals surface area contributed by atoms with Gasteiger partial charge in [-0.2, -0.15) is 17.5 Å². The second-order valence-corrected chi connectivity index (χ2v) is 9.83. The summed E-state index contributed by atoms with van der Waals surface area (Å²) in [6, 6.07) is 6.55. The number of alkyl halides is 3. The fourth-order valence-corrected chi connectivity index (χ4v) is 5.52. The van der Waals surface area contributed by atoms with E-state index in [2.05, 4.69) is 0 Å². The Hall–Kier alpha value is -2.86. The van der Waals surface area contributed by atoms with Crippen LogP contribution in [0.3, 0.4) is 0 Å². The Balaban J connectivity index is 1.79. The lowest BCUT2D eigenvalue weighted by Gasteiger charge is -2.37. The van der Waals surface area contributed by atoms with Crippen LogP contribution in [0.5, 0.6) is 5.75 Å². The standard InChI is InChI=1S/C23H27F4N3O4S/c1-4-30(5-2)35(32,33)17-7-9-20(21(15-17)34-3)28-10-12-29(13-11-28)22(31)18-8-6-16(24)14-19(18)23(25,26)27/h6-9,14-15H,4-5,10-13H2,1-3H3. The summed E-state index contributed by atoms with van der Waals surface area (Å²) in [4.78, 5) is 16.0. The van der Waals surface area contributed by atoms with E-state index in [1.807, 2.05) is 4.90 Å². The van der Waals surface area contributed by atoms with Gasteiger partial charge in [0.25, 0.3) is 5.91 Å². The van der Waals surface area contributed by atoms with Gasteiger partial charge in [-0.05, 0) is 30.3 Å². The van der Waals surface area contributed by atoms with Gasteiger partial charge in [0.2, 0.25) is 10.0 Å². The maximum absolute atomic E-state index is 13.4. The lowest BCUT2D eigenvalue weighted by molar-refractivity contribution is -0.138. The van der Waals surface area contributed by atoms with E-state index in [9.17, 15) is 30.8 Å². The molecule has 2 aromatic rings. The molecule has 1 aliphatic heterocycles. The van der Waals surface area contributed by atoms with Crippen LogP contribution >= 0.6 is 0 Å². The number of benzene rings is 2. The van der Waals surface area contributed by atoms with Crippen LogP contribution in [0.4, 0.5) is 23.2 Å². The Bertz CT molecular complexity index is 1180. The minimum Gasteiger partial charge on any atom is -0.495 e. The smallest absolute Gasteiger partial charge is 0.417 e. The van der Waals surface area contributed by atoms with Crippen molar-refractivity contribution in [2.24, 2.45) is 0 Å². The predicted molar refractivity (Wildman–Crippen MR) is 123 cm³/mol. The van der Waals surface area contributed by atoms with Gasteiger partial charge in [0.1, 0.15) is 11.6 Å². The van der Waals surface area contributed by atoms with Gasteiger partial charge >= 0.3 is 6.18 Å². The van der Waals surface area contributed by atoms with Crippen LogP contribution in [0.25, 0.3) is 0 Å². The minimum atomic E-state index is -4.87. The fraction of sp³-hybridized carbons (Fsp3) is 0.435. The molecule has 0 atom stereocenters. The average Bonchev–Trinajstić information content (AvgIpc) is 2.83. The average molecular weight is 518 g/mol. The third-order valence-corrected chi connectivity index (χ3v) is 7.97. The van der Waals surface area contributed by atoms with E-state index in [4.69, 9.17) is 4.74 Å². The monoisotopic (exact) mass is 517 g/mol. The molecule has 3 rings (SSSR count). The van der Waals surface area contributed by atoms with Gasteiger partial charge in [0.05, 0.1) is 28.8 Å². The Labute approximate surface area is 201 Å². The number of piperazine rings is 1. The van der Waals surface area contributed by atoms with Crippen molar-refractivity contribution in [3.8, 4) is 5.75 Å². The molecule has 0 bridgehead atoms. The summed E-state index contributed by atoms with van der Waals surface area (Å²) in [6.07, 6.45) is -4.87. The van der Waals surface area contributed by atoms with Gasteiger partial charge in [-0.25, -0.2) is 12.8 Å². The molecule has 0 radical (unpaired) electrons. The Morgan fingerprint density at radius 2 is 1.66 bits per heavy atom. The number of anilines is 1. The highest BCUT2D eigenvalue weighted by Crippen LogP contribution is 2.35. The molecular formula is C23H27F4N3O4S. The van der Waals surface area contributed by atoms with E-state index in [1.165, 1.54) is 28.4 Å². The number of methoxy groups -OCH3 is 1. The van der Waals surface area contributed by atoms with Crippen LogP contribution in [0.1, 0.15) is 29.8 Å². The number of amides is 1. The minimum absolute atomic E-state index is 0.0894. The number of sulfonamides is 1. The number of halogens is 4. The van der Waals surface area contributed by atoms with E-state index < -0.39 is 39.1 Å². The van der Waals surface area contributed by atoms with E-state index in [1.54, 1.807) is 19.9 Å². The molecule has 0 unspecified atom stereocenters. The van der Waals surface area contributed by atoms with E-state index in [-0.39, 0.29) is 31.1 Å². The molecular weight excluding hydrogens is 490 g/mol. The first kappa shape index (κ1) is 26.7. The molecule has 192 valence electrons. The summed E-state index contributed by atoms with van der Waals surface area (Å²) in [5, 5.41) is 0. The summed E-state index contributed by atoms with van der Waals surface area (Å²) in [6.45, 7) is 4.95. The van der Waals surface area contributed by atoms with Gasteiger partial charge in [-0.3, -0.25) is 4.79 Å². The summed E-state index contributed by atoms with van der Waals surface area (Å²) < 4.78 is 85.8. The molecule has 35 heavy (non-hydrogen) atoms. The zero-order valence-corrected chi connectivity index (χ0v) is 20.4. The van der Waals surface area contributed by atoms with Crippen molar-refractivity contribution in [2.45, 2.75) is 24.9 Å². The van der Waals surface area contributed by atoms with Gasteiger partial charge in [0, 0.05) is 45.3 Å². The van der Waals surface area contributed by atoms with Gasteiger partial charge in [-0.1, -0.05) is 13.8 Å². The van der Waals surface area contributed by atoms with Crippen molar-refractivity contribution >= 4 is 21.6 Å². The number of rotatable bonds is 7. The number of hydrogen-bond acceptors (Lipinski definition) is 5. The molecule has 0 saturated carbocycles. The fourth-order valence-electron chi connectivity index (χ4n) is 4.05. The van der Waals surface area contributed by atoms with Gasteiger partial charge in [0.15, 0.2) is 0 Å². The normalized spacial score (nSPS) is 15.0. The zero-order chi connectivity index (χ0) is 26.0. The molecule has 0 aliphatic carbocycles. The Morgan fingerprint density at radius 1 is 1.03 bits per heavy atom. The second-order valence-electron chi connectivity index (χ2n) is 7.89. The molecule has 7 nitrogen and oxygen atoms in total. The SMILES string of the molecule is CCN(CC)S(=O)(=O)c1ccc(N2CCN(C(=O)c3ccc(F)cc3C(F)(F)F)CC2)c(OC)c1. The highest BCUT2D eigenvalue weighted by molar-refractivity contribution is 7.89. The summed E-state index contributed by atoms with van der Waals surface area (Å²) >= 11 is 0. The molecule has 1 aliphatic rings. The van der Waals surface area contributed by atoms with Crippen LogP contribution in [0.2, 0.25) is 0 Å². The van der Waals surface area contributed by atoms with Gasteiger partial charge in [-0.15, -0.1) is 0 Å². The molecule has 0 aromatic heterocycles. The zero-order valence-electron chi connectivity index (χ0n) is 19.6. The van der Waals surface area contributed by atoms with E-state index >= 15 is 0 Å². The number of carbonyl (C=O) groups is 1. The van der Waals surface area contributed by atoms with Crippen molar-refractivity contribution in [3.05, 3.63) is 53.3 Å². The van der Waals surface area contributed by atoms with Crippen LogP contribution in [0, 0.1) is 5.82 Å². The third kappa shape index (κ3) is 5.53. The predicted octanol–water partition coefficient (Wildman–Crippen LogP) is 3.85. The molecule has 1 amide bonds. The highest BCUT2D eigenvalue weighted by Gasteiger charge is 2.37. The lowest BCUT2D eigenvalue weighted by Crippen LogP contribution is -2.49. The first-order valence-corrected chi connectivity index (χ1v) is 12.5. The van der Waals surface area contributed by atoms with Crippen molar-refractivity contribution < 1.29 is 35.5 Å². The van der Waals surface area contributed by atoms with Crippen molar-refractivity contribution in [2.75, 3.05) is 51.3 Å². The largest absolute Gasteiger partial charge is 0.495 e. The molecule has 1 heterocycles. The molecule has 0 N–H and O–H groups in total. The van der Waals surface area contributed by atoms with Crippen molar-refractivity contribution in [3.63, 3.8) is 0 Å². The number of ether oxygens (including phenoxy) is 1. The summed E-state index contributed by atoms with van der Waals surface area (Å²) in [7, 11) is -2.27. The summed E-state index contributed by atoms with van der Waals surface area (Å²) in [5.74, 6) is -1.57. The quantitative estimate of drug-likeness (QED) is 0.522. The lowest BCUT2D eigenvalue weighted by atomic mass is 10.0. The topological polar surface area (TPSA) is 70.2 Å². The van der Waals surface area contributed by atoms with Crippen molar-refractivity contribution in [1.29, 1.82) is 0 Å². The van der Waals surface area contributed by atoms with E-state index in [0.29, 0.717) is 30.6 Å². The van der Waals surface area contributed by atoms with E-state index in [0.717, 1.165) is 12.1 Å². The molecule has 2 aromatic carbocycles. The van der Waals surface area contributed by atoms with Crippen LogP contribution in [-0.4, -0.2) is 69.9 Å². The molecule has 12 heteroatoms. The summed E-state index contributed by atoms with van der Waals surface area (Å²) in [5.41, 5.74) is -1.30. The second kappa shape index (κ2) is 10.4. The number of carbonyl (C=O) groups excluding carboxylic acids is 1. The maximum Gasteiger partial charge on any atom is 0.417 e. The third-order valence-electron chi connectivity index (χ3n) is 5.92.